The molecule has 1 spiro atoms. The average Bonchev–Trinajstić information content (AvgIpc) is 3.28. The highest BCUT2D eigenvalue weighted by atomic mass is 16.5. The van der Waals surface area contributed by atoms with Crippen molar-refractivity contribution < 1.29 is 9.47 Å². The number of hydrogen-bond donors (Lipinski definition) is 0. The summed E-state index contributed by atoms with van der Waals surface area (Å²) in [5.41, 5.74) is 1.22. The van der Waals surface area contributed by atoms with Crippen LogP contribution in [0, 0.1) is 0 Å². The number of morpholine rings is 1. The molecule has 178 valence electrons. The number of piperidine rings is 1. The summed E-state index contributed by atoms with van der Waals surface area (Å²) < 4.78 is 12.4. The molecule has 0 amide bonds. The van der Waals surface area contributed by atoms with E-state index in [-0.39, 0.29) is 5.60 Å². The maximum atomic E-state index is 6.34. The van der Waals surface area contributed by atoms with Gasteiger partial charge in [-0.1, -0.05) is 6.07 Å². The lowest BCUT2D eigenvalue weighted by molar-refractivity contribution is -0.0706. The molecule has 1 aromatic carbocycles. The minimum Gasteiger partial charge on any atom is -0.494 e. The van der Waals surface area contributed by atoms with Gasteiger partial charge in [0, 0.05) is 50.6 Å². The van der Waals surface area contributed by atoms with Gasteiger partial charge < -0.3 is 24.2 Å². The molecule has 3 saturated heterocycles. The number of benzene rings is 1. The number of hydrogen-bond acceptors (Lipinski definition) is 6. The first-order valence-corrected chi connectivity index (χ1v) is 12.7. The van der Waals surface area contributed by atoms with Crippen LogP contribution in [-0.4, -0.2) is 74.0 Å². The van der Waals surface area contributed by atoms with Gasteiger partial charge in [-0.3, -0.25) is 0 Å². The summed E-state index contributed by atoms with van der Waals surface area (Å²) in [6.07, 6.45) is 7.74. The van der Waals surface area contributed by atoms with E-state index >= 15 is 0 Å². The summed E-state index contributed by atoms with van der Waals surface area (Å²) in [4.78, 5) is 12.0. The molecule has 5 rings (SSSR count). The van der Waals surface area contributed by atoms with Crippen molar-refractivity contribution in [2.24, 2.45) is 0 Å². The van der Waals surface area contributed by atoms with Gasteiger partial charge in [-0.15, -0.1) is 0 Å². The van der Waals surface area contributed by atoms with Crippen LogP contribution in [0.15, 0.2) is 48.7 Å². The highest BCUT2D eigenvalue weighted by molar-refractivity contribution is 5.50. The molecule has 0 N–H and O–H groups in total. The second-order valence-corrected chi connectivity index (χ2v) is 9.85. The highest BCUT2D eigenvalue weighted by Gasteiger charge is 2.40. The number of likely N-dealkylation sites (tertiary alicyclic amines) is 1. The monoisotopic (exact) mass is 450 g/mol. The highest BCUT2D eigenvalue weighted by Crippen LogP contribution is 2.34. The van der Waals surface area contributed by atoms with Crippen LogP contribution in [0.2, 0.25) is 0 Å². The zero-order chi connectivity index (χ0) is 22.5. The van der Waals surface area contributed by atoms with E-state index < -0.39 is 0 Å². The summed E-state index contributed by atoms with van der Waals surface area (Å²) in [7, 11) is 0. The Hall–Kier alpha value is -2.31. The minimum atomic E-state index is -0.0534. The molecule has 6 heteroatoms. The lowest BCUT2D eigenvalue weighted by Gasteiger charge is -2.48. The van der Waals surface area contributed by atoms with Gasteiger partial charge in [-0.2, -0.15) is 0 Å². The Kier molecular flexibility index (Phi) is 7.02. The van der Waals surface area contributed by atoms with Crippen LogP contribution >= 0.6 is 0 Å². The lowest BCUT2D eigenvalue weighted by Crippen LogP contribution is -2.57. The van der Waals surface area contributed by atoms with Crippen LogP contribution in [0.25, 0.3) is 0 Å². The average molecular weight is 451 g/mol. The molecule has 33 heavy (non-hydrogen) atoms. The summed E-state index contributed by atoms with van der Waals surface area (Å²) in [6, 6.07) is 15.5. The third-order valence-electron chi connectivity index (χ3n) is 7.65. The third-order valence-corrected chi connectivity index (χ3v) is 7.65. The minimum absolute atomic E-state index is 0.0534. The first-order valence-electron chi connectivity index (χ1n) is 12.7. The number of aromatic nitrogens is 1. The van der Waals surface area contributed by atoms with Crippen LogP contribution in [0.5, 0.6) is 5.75 Å². The fraction of sp³-hybridized carbons (Fsp3) is 0.593. The fourth-order valence-electron chi connectivity index (χ4n) is 5.59. The summed E-state index contributed by atoms with van der Waals surface area (Å²) in [5.74, 6) is 2.04. The van der Waals surface area contributed by atoms with E-state index in [1.165, 1.54) is 25.1 Å². The first kappa shape index (κ1) is 22.5. The molecule has 0 saturated carbocycles. The first-order chi connectivity index (χ1) is 16.2. The SMILES string of the molecule is C[C@@H]1CCCN1CCCOc1ccc(N2CCC3(CC2)CN(c2ccccn2)CCO3)cc1. The number of ether oxygens (including phenoxy) is 2. The Balaban J connectivity index is 1.08. The zero-order valence-corrected chi connectivity index (χ0v) is 20.0. The zero-order valence-electron chi connectivity index (χ0n) is 20.0. The van der Waals surface area contributed by atoms with E-state index in [1.54, 1.807) is 0 Å². The molecule has 1 aromatic heterocycles. The van der Waals surface area contributed by atoms with Gasteiger partial charge in [-0.25, -0.2) is 4.98 Å². The van der Waals surface area contributed by atoms with E-state index in [2.05, 4.69) is 63.0 Å². The summed E-state index contributed by atoms with van der Waals surface area (Å²) >= 11 is 0. The van der Waals surface area contributed by atoms with Crippen molar-refractivity contribution in [1.29, 1.82) is 0 Å². The van der Waals surface area contributed by atoms with Crippen molar-refractivity contribution in [2.75, 3.05) is 62.3 Å². The Bertz CT molecular complexity index is 867. The number of pyridine rings is 1. The largest absolute Gasteiger partial charge is 0.494 e. The molecular weight excluding hydrogens is 412 g/mol. The van der Waals surface area contributed by atoms with E-state index in [0.29, 0.717) is 0 Å². The van der Waals surface area contributed by atoms with E-state index in [1.807, 2.05) is 12.3 Å². The van der Waals surface area contributed by atoms with Crippen molar-refractivity contribution in [1.82, 2.24) is 9.88 Å². The van der Waals surface area contributed by atoms with Gasteiger partial charge in [-0.05, 0) is 82.0 Å². The normalized spacial score (nSPS) is 23.2. The molecule has 0 radical (unpaired) electrons. The van der Waals surface area contributed by atoms with Crippen molar-refractivity contribution in [3.05, 3.63) is 48.7 Å². The molecule has 6 nitrogen and oxygen atoms in total. The lowest BCUT2D eigenvalue weighted by atomic mass is 9.89. The van der Waals surface area contributed by atoms with Gasteiger partial charge in [0.2, 0.25) is 0 Å². The van der Waals surface area contributed by atoms with Crippen LogP contribution in [0.3, 0.4) is 0 Å². The predicted octanol–water partition coefficient (Wildman–Crippen LogP) is 4.21. The number of rotatable bonds is 7. The van der Waals surface area contributed by atoms with Crippen LogP contribution < -0.4 is 14.5 Å². The molecule has 0 unspecified atom stereocenters. The Morgan fingerprint density at radius 1 is 1.03 bits per heavy atom. The Morgan fingerprint density at radius 3 is 2.61 bits per heavy atom. The fourth-order valence-corrected chi connectivity index (χ4v) is 5.59. The van der Waals surface area contributed by atoms with Crippen LogP contribution in [0.4, 0.5) is 11.5 Å². The topological polar surface area (TPSA) is 41.1 Å². The second kappa shape index (κ2) is 10.3. The van der Waals surface area contributed by atoms with Crippen molar-refractivity contribution in [3.63, 3.8) is 0 Å². The van der Waals surface area contributed by atoms with Crippen molar-refractivity contribution >= 4 is 11.5 Å². The van der Waals surface area contributed by atoms with Crippen LogP contribution in [0.1, 0.15) is 39.0 Å². The maximum absolute atomic E-state index is 6.34. The molecule has 0 aliphatic carbocycles. The van der Waals surface area contributed by atoms with E-state index in [9.17, 15) is 0 Å². The van der Waals surface area contributed by atoms with E-state index in [4.69, 9.17) is 9.47 Å². The number of anilines is 2. The molecule has 1 atom stereocenters. The van der Waals surface area contributed by atoms with Gasteiger partial charge >= 0.3 is 0 Å². The summed E-state index contributed by atoms with van der Waals surface area (Å²) in [6.45, 7) is 10.2. The second-order valence-electron chi connectivity index (χ2n) is 9.85. The molecule has 4 heterocycles. The van der Waals surface area contributed by atoms with Gasteiger partial charge in [0.25, 0.3) is 0 Å². The molecule has 3 aliphatic heterocycles. The Labute approximate surface area is 198 Å². The summed E-state index contributed by atoms with van der Waals surface area (Å²) in [5, 5.41) is 0. The van der Waals surface area contributed by atoms with Crippen molar-refractivity contribution in [3.8, 4) is 5.75 Å². The van der Waals surface area contributed by atoms with Crippen molar-refractivity contribution in [2.45, 2.75) is 50.7 Å². The molecule has 3 fully saturated rings. The van der Waals surface area contributed by atoms with Gasteiger partial charge in [0.05, 0.1) is 18.8 Å². The quantitative estimate of drug-likeness (QED) is 0.589. The third kappa shape index (κ3) is 5.44. The predicted molar refractivity (Wildman–Crippen MR) is 133 cm³/mol. The molecule has 2 aromatic rings. The van der Waals surface area contributed by atoms with Gasteiger partial charge in [0.1, 0.15) is 11.6 Å². The molecule has 0 bridgehead atoms. The molecule has 3 aliphatic rings. The number of nitrogens with zero attached hydrogens (tertiary/aromatic N) is 4. The van der Waals surface area contributed by atoms with Crippen LogP contribution in [-0.2, 0) is 4.74 Å². The maximum Gasteiger partial charge on any atom is 0.128 e. The smallest absolute Gasteiger partial charge is 0.128 e. The molecular formula is C27H38N4O2. The van der Waals surface area contributed by atoms with Gasteiger partial charge in [0.15, 0.2) is 0 Å². The van der Waals surface area contributed by atoms with E-state index in [0.717, 1.165) is 82.8 Å². The Morgan fingerprint density at radius 2 is 1.88 bits per heavy atom. The standard InChI is InChI=1S/C27H38N4O2/c1-23-6-4-15-29(23)16-5-20-32-25-10-8-24(9-11-25)30-17-12-27(13-18-30)22-31(19-21-33-27)26-7-2-3-14-28-26/h2-3,7-11,14,23H,4-6,12-13,15-22H2,1H3/t23-/m1/s1.